The Morgan fingerprint density at radius 3 is 2.65 bits per heavy atom. The van der Waals surface area contributed by atoms with Crippen molar-refractivity contribution in [1.82, 2.24) is 15.1 Å². The van der Waals surface area contributed by atoms with Gasteiger partial charge in [-0.25, -0.2) is 0 Å². The summed E-state index contributed by atoms with van der Waals surface area (Å²) in [5.41, 5.74) is 1.47. The van der Waals surface area contributed by atoms with Crippen LogP contribution >= 0.6 is 0 Å². The van der Waals surface area contributed by atoms with E-state index in [1.54, 1.807) is 0 Å². The molecule has 1 aromatic carbocycles. The molecule has 112 valence electrons. The van der Waals surface area contributed by atoms with Gasteiger partial charge in [-0.1, -0.05) is 30.3 Å². The van der Waals surface area contributed by atoms with E-state index in [2.05, 4.69) is 73.4 Å². The number of nitrogens with one attached hydrogen (secondary N) is 1. The van der Waals surface area contributed by atoms with Gasteiger partial charge in [0, 0.05) is 25.7 Å². The molecule has 2 rings (SSSR count). The molecular formula is C17H29N3. The van der Waals surface area contributed by atoms with Crippen LogP contribution in [0.1, 0.15) is 25.8 Å². The summed E-state index contributed by atoms with van der Waals surface area (Å²) in [7, 11) is 4.30. The molecule has 0 bridgehead atoms. The average molecular weight is 275 g/mol. The van der Waals surface area contributed by atoms with Crippen molar-refractivity contribution in [2.45, 2.75) is 31.8 Å². The highest BCUT2D eigenvalue weighted by Crippen LogP contribution is 2.25. The lowest BCUT2D eigenvalue weighted by molar-refractivity contribution is 0.0984. The summed E-state index contributed by atoms with van der Waals surface area (Å²) < 4.78 is 0. The molecule has 1 N–H and O–H groups in total. The van der Waals surface area contributed by atoms with Gasteiger partial charge in [0.05, 0.1) is 5.54 Å². The molecule has 1 heterocycles. The van der Waals surface area contributed by atoms with E-state index in [9.17, 15) is 0 Å². The smallest absolute Gasteiger partial charge is 0.0535 e. The molecule has 0 radical (unpaired) electrons. The molecule has 0 spiro atoms. The minimum atomic E-state index is 0.0753. The van der Waals surface area contributed by atoms with Crippen molar-refractivity contribution in [2.75, 3.05) is 40.3 Å². The first-order chi connectivity index (χ1) is 9.51. The van der Waals surface area contributed by atoms with Gasteiger partial charge in [-0.3, -0.25) is 4.90 Å². The van der Waals surface area contributed by atoms with Crippen LogP contribution in [0.2, 0.25) is 0 Å². The third kappa shape index (κ3) is 3.81. The first-order valence-electron chi connectivity index (χ1n) is 7.70. The molecule has 1 saturated heterocycles. The van der Waals surface area contributed by atoms with Crippen LogP contribution in [0.3, 0.4) is 0 Å². The van der Waals surface area contributed by atoms with Crippen LogP contribution in [-0.2, 0) is 5.54 Å². The Morgan fingerprint density at radius 1 is 1.30 bits per heavy atom. The number of nitrogens with zero attached hydrogens (tertiary/aromatic N) is 2. The second-order valence-corrected chi connectivity index (χ2v) is 6.54. The zero-order valence-electron chi connectivity index (χ0n) is 13.4. The molecule has 2 atom stereocenters. The van der Waals surface area contributed by atoms with Crippen LogP contribution in [0.5, 0.6) is 0 Å². The van der Waals surface area contributed by atoms with Gasteiger partial charge < -0.3 is 10.2 Å². The fourth-order valence-electron chi connectivity index (χ4n) is 3.02. The van der Waals surface area contributed by atoms with E-state index in [-0.39, 0.29) is 5.54 Å². The van der Waals surface area contributed by atoms with Crippen LogP contribution in [0.4, 0.5) is 0 Å². The van der Waals surface area contributed by atoms with Crippen molar-refractivity contribution >= 4 is 0 Å². The lowest BCUT2D eigenvalue weighted by Gasteiger charge is -2.44. The van der Waals surface area contributed by atoms with Crippen LogP contribution in [-0.4, -0.2) is 56.1 Å². The zero-order valence-corrected chi connectivity index (χ0v) is 13.4. The van der Waals surface area contributed by atoms with Gasteiger partial charge in [-0.2, -0.15) is 0 Å². The molecule has 0 saturated carbocycles. The molecule has 3 nitrogen and oxygen atoms in total. The third-order valence-corrected chi connectivity index (χ3v) is 4.46. The molecule has 1 aliphatic heterocycles. The summed E-state index contributed by atoms with van der Waals surface area (Å²) in [6.45, 7) is 9.15. The lowest BCUT2D eigenvalue weighted by atomic mass is 9.89. The third-order valence-electron chi connectivity index (χ3n) is 4.46. The van der Waals surface area contributed by atoms with E-state index in [0.717, 1.165) is 26.2 Å². The minimum Gasteiger partial charge on any atom is -0.309 e. The molecule has 1 fully saturated rings. The Morgan fingerprint density at radius 2 is 2.00 bits per heavy atom. The second kappa shape index (κ2) is 6.70. The van der Waals surface area contributed by atoms with Crippen molar-refractivity contribution < 1.29 is 0 Å². The molecule has 0 aliphatic carbocycles. The van der Waals surface area contributed by atoms with Crippen LogP contribution in [0, 0.1) is 0 Å². The Kier molecular flexibility index (Phi) is 5.19. The fourth-order valence-corrected chi connectivity index (χ4v) is 3.02. The van der Waals surface area contributed by atoms with Gasteiger partial charge >= 0.3 is 0 Å². The Hall–Kier alpha value is -0.900. The number of hydrogen-bond donors (Lipinski definition) is 1. The predicted molar refractivity (Wildman–Crippen MR) is 86.0 cm³/mol. The molecule has 1 aromatic rings. The van der Waals surface area contributed by atoms with Crippen LogP contribution in [0.15, 0.2) is 30.3 Å². The fraction of sp³-hybridized carbons (Fsp3) is 0.647. The summed E-state index contributed by atoms with van der Waals surface area (Å²) in [6.07, 6.45) is 1.23. The first-order valence-corrected chi connectivity index (χ1v) is 7.70. The summed E-state index contributed by atoms with van der Waals surface area (Å²) in [4.78, 5) is 4.90. The van der Waals surface area contributed by atoms with Gasteiger partial charge in [0.25, 0.3) is 0 Å². The SMILES string of the molecule is CC(CCN(C)C)N1CCNC(C)(c2ccccc2)C1. The Balaban J connectivity index is 2.01. The number of rotatable bonds is 5. The molecule has 20 heavy (non-hydrogen) atoms. The van der Waals surface area contributed by atoms with E-state index < -0.39 is 0 Å². The van der Waals surface area contributed by atoms with Gasteiger partial charge in [0.2, 0.25) is 0 Å². The number of hydrogen-bond acceptors (Lipinski definition) is 3. The number of benzene rings is 1. The molecule has 3 heteroatoms. The minimum absolute atomic E-state index is 0.0753. The number of piperazine rings is 1. The quantitative estimate of drug-likeness (QED) is 0.888. The average Bonchev–Trinajstić information content (AvgIpc) is 2.45. The highest BCUT2D eigenvalue weighted by atomic mass is 15.2. The first kappa shape index (κ1) is 15.5. The maximum atomic E-state index is 3.71. The standard InChI is InChI=1S/C17H29N3/c1-15(10-12-19(3)4)20-13-11-18-17(2,14-20)16-8-6-5-7-9-16/h5-9,15,18H,10-14H2,1-4H3. The Labute approximate surface area is 124 Å². The van der Waals surface area contributed by atoms with Crippen molar-refractivity contribution in [3.63, 3.8) is 0 Å². The van der Waals surface area contributed by atoms with E-state index in [1.807, 2.05) is 0 Å². The van der Waals surface area contributed by atoms with Crippen molar-refractivity contribution in [1.29, 1.82) is 0 Å². The summed E-state index contributed by atoms with van der Waals surface area (Å²) in [6, 6.07) is 11.5. The largest absolute Gasteiger partial charge is 0.309 e. The molecule has 1 aliphatic rings. The normalized spacial score (nSPS) is 25.9. The highest BCUT2D eigenvalue weighted by molar-refractivity contribution is 5.25. The van der Waals surface area contributed by atoms with Gasteiger partial charge in [0.15, 0.2) is 0 Å². The van der Waals surface area contributed by atoms with E-state index in [1.165, 1.54) is 12.0 Å². The van der Waals surface area contributed by atoms with Crippen molar-refractivity contribution in [2.24, 2.45) is 0 Å². The monoisotopic (exact) mass is 275 g/mol. The van der Waals surface area contributed by atoms with Crippen molar-refractivity contribution in [3.8, 4) is 0 Å². The topological polar surface area (TPSA) is 18.5 Å². The van der Waals surface area contributed by atoms with E-state index >= 15 is 0 Å². The molecule has 2 unspecified atom stereocenters. The van der Waals surface area contributed by atoms with Gasteiger partial charge in [-0.05, 0) is 46.5 Å². The lowest BCUT2D eigenvalue weighted by Crippen LogP contribution is -2.58. The van der Waals surface area contributed by atoms with Gasteiger partial charge in [0.1, 0.15) is 0 Å². The second-order valence-electron chi connectivity index (χ2n) is 6.54. The van der Waals surface area contributed by atoms with Crippen LogP contribution in [0.25, 0.3) is 0 Å². The summed E-state index contributed by atoms with van der Waals surface area (Å²) >= 11 is 0. The molecule has 0 aromatic heterocycles. The predicted octanol–water partition coefficient (Wildman–Crippen LogP) is 2.15. The van der Waals surface area contributed by atoms with Crippen molar-refractivity contribution in [3.05, 3.63) is 35.9 Å². The highest BCUT2D eigenvalue weighted by Gasteiger charge is 2.33. The Bertz CT molecular complexity index is 404. The molecular weight excluding hydrogens is 246 g/mol. The van der Waals surface area contributed by atoms with Gasteiger partial charge in [-0.15, -0.1) is 0 Å². The zero-order chi connectivity index (χ0) is 14.6. The summed E-state index contributed by atoms with van der Waals surface area (Å²) in [5, 5.41) is 3.71. The van der Waals surface area contributed by atoms with E-state index in [4.69, 9.17) is 0 Å². The maximum Gasteiger partial charge on any atom is 0.0535 e. The maximum absolute atomic E-state index is 3.71. The van der Waals surface area contributed by atoms with Crippen LogP contribution < -0.4 is 5.32 Å². The van der Waals surface area contributed by atoms with E-state index in [0.29, 0.717) is 6.04 Å². The summed E-state index contributed by atoms with van der Waals surface area (Å²) in [5.74, 6) is 0. The molecule has 0 amide bonds.